The van der Waals surface area contributed by atoms with Crippen LogP contribution in [0.2, 0.25) is 5.02 Å². The quantitative estimate of drug-likeness (QED) is 0.365. The van der Waals surface area contributed by atoms with E-state index < -0.39 is 17.4 Å². The van der Waals surface area contributed by atoms with E-state index in [1.807, 2.05) is 6.07 Å². The number of hydrogen-bond donors (Lipinski definition) is 2. The maximum Gasteiger partial charge on any atom is 0.328 e. The summed E-state index contributed by atoms with van der Waals surface area (Å²) in [7, 11) is 0. The lowest BCUT2D eigenvalue weighted by molar-refractivity contribution is -0.133. The molecule has 3 amide bonds. The Bertz CT molecular complexity index is 1450. The second-order valence-corrected chi connectivity index (χ2v) is 10.7. The van der Waals surface area contributed by atoms with Crippen molar-refractivity contribution in [3.05, 3.63) is 76.2 Å². The predicted molar refractivity (Wildman–Crippen MR) is 139 cm³/mol. The Labute approximate surface area is 219 Å². The number of nitrogens with one attached hydrogen (secondary N) is 1. The van der Waals surface area contributed by atoms with Gasteiger partial charge in [-0.15, -0.1) is 0 Å². The third-order valence-corrected chi connectivity index (χ3v) is 8.18. The summed E-state index contributed by atoms with van der Waals surface area (Å²) >= 11 is 6.13. The first kappa shape index (κ1) is 24.0. The molecule has 37 heavy (non-hydrogen) atoms. The van der Waals surface area contributed by atoms with Gasteiger partial charge in [-0.3, -0.25) is 19.5 Å². The van der Waals surface area contributed by atoms with Crippen molar-refractivity contribution in [3.8, 4) is 5.75 Å². The highest BCUT2D eigenvalue weighted by Gasteiger charge is 2.60. The number of halogens is 2. The molecule has 0 bridgehead atoms. The van der Waals surface area contributed by atoms with E-state index in [4.69, 9.17) is 11.6 Å². The van der Waals surface area contributed by atoms with Crippen molar-refractivity contribution in [1.29, 1.82) is 0 Å². The lowest BCUT2D eigenvalue weighted by atomic mass is 9.81. The smallest absolute Gasteiger partial charge is 0.328 e. The Morgan fingerprint density at radius 2 is 2.03 bits per heavy atom. The van der Waals surface area contributed by atoms with Gasteiger partial charge in [0.25, 0.3) is 5.91 Å². The van der Waals surface area contributed by atoms with Crippen molar-refractivity contribution in [2.75, 3.05) is 26.2 Å². The highest BCUT2D eigenvalue weighted by Crippen LogP contribution is 2.49. The van der Waals surface area contributed by atoms with Gasteiger partial charge in [0.05, 0.1) is 5.02 Å². The SMILES string of the molecule is CC12Cc3c([nH]c4cc(F)c(Cl)cc34)C(c3cccc(O)c3)N1C(=O)N(CCCN1CC=CCC1)C2=O. The summed E-state index contributed by atoms with van der Waals surface area (Å²) in [6, 6.07) is 8.60. The third kappa shape index (κ3) is 3.81. The van der Waals surface area contributed by atoms with Crippen LogP contribution in [0.15, 0.2) is 48.6 Å². The lowest BCUT2D eigenvalue weighted by Gasteiger charge is -2.42. The minimum absolute atomic E-state index is 0.00111. The van der Waals surface area contributed by atoms with E-state index in [9.17, 15) is 19.1 Å². The molecule has 0 aliphatic carbocycles. The Hall–Kier alpha value is -3.36. The highest BCUT2D eigenvalue weighted by molar-refractivity contribution is 6.31. The predicted octanol–water partition coefficient (Wildman–Crippen LogP) is 4.99. The molecule has 7 nitrogen and oxygen atoms in total. The molecule has 192 valence electrons. The summed E-state index contributed by atoms with van der Waals surface area (Å²) in [5.41, 5.74) is 1.60. The number of aromatic hydroxyl groups is 1. The van der Waals surface area contributed by atoms with Crippen molar-refractivity contribution in [2.24, 2.45) is 0 Å². The Kier molecular flexibility index (Phi) is 5.76. The van der Waals surface area contributed by atoms with Gasteiger partial charge in [-0.05, 0) is 55.2 Å². The number of H-pyrrole nitrogens is 1. The largest absolute Gasteiger partial charge is 0.508 e. The van der Waals surface area contributed by atoms with E-state index >= 15 is 0 Å². The van der Waals surface area contributed by atoms with Gasteiger partial charge in [0.15, 0.2) is 0 Å². The van der Waals surface area contributed by atoms with E-state index in [2.05, 4.69) is 22.0 Å². The number of carbonyl (C=O) groups excluding carboxylic acids is 2. The van der Waals surface area contributed by atoms with E-state index in [0.29, 0.717) is 29.7 Å². The van der Waals surface area contributed by atoms with Gasteiger partial charge >= 0.3 is 6.03 Å². The number of hydrogen-bond acceptors (Lipinski definition) is 4. The number of imide groups is 1. The lowest BCUT2D eigenvalue weighted by Crippen LogP contribution is -2.53. The first-order valence-corrected chi connectivity index (χ1v) is 13.0. The van der Waals surface area contributed by atoms with Crippen molar-refractivity contribution in [3.63, 3.8) is 0 Å². The molecule has 1 saturated heterocycles. The summed E-state index contributed by atoms with van der Waals surface area (Å²) in [6.07, 6.45) is 6.29. The number of phenolic OH excluding ortho intramolecular Hbond substituents is 1. The van der Waals surface area contributed by atoms with Crippen LogP contribution in [-0.2, 0) is 11.2 Å². The van der Waals surface area contributed by atoms with E-state index in [1.54, 1.807) is 36.1 Å². The molecule has 2 unspecified atom stereocenters. The van der Waals surface area contributed by atoms with Crippen molar-refractivity contribution in [2.45, 2.75) is 37.8 Å². The molecule has 2 aromatic carbocycles. The van der Waals surface area contributed by atoms with Gasteiger partial charge in [-0.2, -0.15) is 0 Å². The average Bonchev–Trinajstić information content (AvgIpc) is 3.30. The standard InChI is InChI=1S/C28H28ClFN4O3/c1-28-16-20-19-14-21(29)22(30)15-23(19)31-24(20)25(17-7-5-8-18(35)13-17)34(28)27(37)33(26(28)36)12-6-11-32-9-3-2-4-10-32/h2-3,5,7-8,13-15,25,31,35H,4,6,9-12,16H2,1H3. The highest BCUT2D eigenvalue weighted by atomic mass is 35.5. The van der Waals surface area contributed by atoms with Crippen LogP contribution in [0.3, 0.4) is 0 Å². The fourth-order valence-electron chi connectivity index (χ4n) is 6.09. The number of urea groups is 1. The van der Waals surface area contributed by atoms with Gasteiger partial charge in [-0.1, -0.05) is 35.9 Å². The molecule has 9 heteroatoms. The number of carbonyl (C=O) groups is 2. The molecule has 4 heterocycles. The number of phenols is 1. The first-order valence-electron chi connectivity index (χ1n) is 12.6. The van der Waals surface area contributed by atoms with Crippen molar-refractivity contribution < 1.29 is 19.1 Å². The fraction of sp³-hybridized carbons (Fsp3) is 0.357. The second-order valence-electron chi connectivity index (χ2n) is 10.3. The molecule has 0 radical (unpaired) electrons. The molecular formula is C28H28ClFN4O3. The number of rotatable bonds is 5. The molecule has 1 fully saturated rings. The molecular weight excluding hydrogens is 495 g/mol. The maximum absolute atomic E-state index is 14.3. The zero-order valence-electron chi connectivity index (χ0n) is 20.5. The number of nitrogens with zero attached hydrogens (tertiary/aromatic N) is 3. The molecule has 6 rings (SSSR count). The summed E-state index contributed by atoms with van der Waals surface area (Å²) < 4.78 is 14.3. The summed E-state index contributed by atoms with van der Waals surface area (Å²) in [4.78, 5) is 36.4. The number of aromatic amines is 1. The number of benzene rings is 2. The van der Waals surface area contributed by atoms with Crippen LogP contribution >= 0.6 is 11.6 Å². The van der Waals surface area contributed by atoms with E-state index in [0.717, 1.165) is 37.0 Å². The minimum atomic E-state index is -1.13. The van der Waals surface area contributed by atoms with Gasteiger partial charge in [-0.25, -0.2) is 9.18 Å². The third-order valence-electron chi connectivity index (χ3n) is 7.89. The molecule has 3 aliphatic heterocycles. The Balaban J connectivity index is 1.41. The molecule has 2 N–H and O–H groups in total. The van der Waals surface area contributed by atoms with Crippen molar-refractivity contribution in [1.82, 2.24) is 19.7 Å². The topological polar surface area (TPSA) is 79.9 Å². The molecule has 0 saturated carbocycles. The number of aromatic nitrogens is 1. The van der Waals surface area contributed by atoms with Gasteiger partial charge in [0, 0.05) is 49.2 Å². The molecule has 0 spiro atoms. The zero-order chi connectivity index (χ0) is 25.9. The Morgan fingerprint density at radius 3 is 2.78 bits per heavy atom. The van der Waals surface area contributed by atoms with Crippen LogP contribution < -0.4 is 0 Å². The number of amides is 3. The number of fused-ring (bicyclic) bond motifs is 4. The summed E-state index contributed by atoms with van der Waals surface area (Å²) in [6.45, 7) is 4.80. The molecule has 3 aliphatic rings. The molecule has 3 aromatic rings. The van der Waals surface area contributed by atoms with E-state index in [1.165, 1.54) is 11.0 Å². The maximum atomic E-state index is 14.3. The van der Waals surface area contributed by atoms with Crippen LogP contribution in [0.4, 0.5) is 9.18 Å². The second kappa shape index (κ2) is 8.89. The van der Waals surface area contributed by atoms with Crippen molar-refractivity contribution >= 4 is 34.4 Å². The van der Waals surface area contributed by atoms with Crippen LogP contribution in [0.5, 0.6) is 5.75 Å². The van der Waals surface area contributed by atoms with Crippen LogP contribution in [0.1, 0.15) is 42.6 Å². The van der Waals surface area contributed by atoms with Crippen LogP contribution in [-0.4, -0.2) is 68.4 Å². The van der Waals surface area contributed by atoms with Gasteiger partial charge < -0.3 is 10.1 Å². The van der Waals surface area contributed by atoms with E-state index in [-0.39, 0.29) is 29.1 Å². The summed E-state index contributed by atoms with van der Waals surface area (Å²) in [5, 5.41) is 11.0. The zero-order valence-corrected chi connectivity index (χ0v) is 21.3. The molecule has 2 atom stereocenters. The van der Waals surface area contributed by atoms with Gasteiger partial charge in [0.2, 0.25) is 0 Å². The fourth-order valence-corrected chi connectivity index (χ4v) is 6.26. The average molecular weight is 523 g/mol. The Morgan fingerprint density at radius 1 is 1.19 bits per heavy atom. The molecule has 1 aromatic heterocycles. The monoisotopic (exact) mass is 522 g/mol. The minimum Gasteiger partial charge on any atom is -0.508 e. The first-order chi connectivity index (χ1) is 17.8. The van der Waals surface area contributed by atoms with Gasteiger partial charge in [0.1, 0.15) is 23.1 Å². The van der Waals surface area contributed by atoms with Crippen LogP contribution in [0, 0.1) is 5.82 Å². The van der Waals surface area contributed by atoms with Crippen LogP contribution in [0.25, 0.3) is 10.9 Å². The normalized spacial score (nSPS) is 23.7. The summed E-state index contributed by atoms with van der Waals surface area (Å²) in [5.74, 6) is -0.729.